The van der Waals surface area contributed by atoms with Crippen molar-refractivity contribution in [2.24, 2.45) is 0 Å². The van der Waals surface area contributed by atoms with Crippen molar-refractivity contribution in [1.82, 2.24) is 0 Å². The average molecular weight is 376 g/mol. The SMILES string of the molecule is COP(=O)(O)C(CCCC=CCCc1ccccc1C)S(=O)(=O)O. The average Bonchev–Trinajstić information content (AvgIpc) is 2.50. The minimum absolute atomic E-state index is 0.136. The molecule has 0 fully saturated rings. The third kappa shape index (κ3) is 6.87. The van der Waals surface area contributed by atoms with Gasteiger partial charge in [0.15, 0.2) is 4.99 Å². The van der Waals surface area contributed by atoms with Crippen molar-refractivity contribution >= 4 is 17.7 Å². The lowest BCUT2D eigenvalue weighted by molar-refractivity contribution is 0.307. The molecule has 0 saturated carbocycles. The summed E-state index contributed by atoms with van der Waals surface area (Å²) in [5.74, 6) is 0. The van der Waals surface area contributed by atoms with Crippen molar-refractivity contribution in [3.05, 3.63) is 47.5 Å². The highest BCUT2D eigenvalue weighted by Gasteiger charge is 2.40. The van der Waals surface area contributed by atoms with E-state index in [4.69, 9.17) is 4.55 Å². The van der Waals surface area contributed by atoms with Crippen LogP contribution in [0.1, 0.15) is 36.8 Å². The van der Waals surface area contributed by atoms with E-state index in [-0.39, 0.29) is 6.42 Å². The maximum Gasteiger partial charge on any atom is 0.348 e. The van der Waals surface area contributed by atoms with Gasteiger partial charge in [0.1, 0.15) is 0 Å². The molecule has 0 aromatic heterocycles. The van der Waals surface area contributed by atoms with Crippen molar-refractivity contribution in [1.29, 1.82) is 0 Å². The minimum atomic E-state index is -4.64. The van der Waals surface area contributed by atoms with E-state index in [1.165, 1.54) is 11.1 Å². The predicted molar refractivity (Wildman–Crippen MR) is 94.7 cm³/mol. The van der Waals surface area contributed by atoms with Gasteiger partial charge in [-0.1, -0.05) is 36.4 Å². The number of rotatable bonds is 10. The largest absolute Gasteiger partial charge is 0.348 e. The normalized spacial score (nSPS) is 16.2. The highest BCUT2D eigenvalue weighted by atomic mass is 32.2. The predicted octanol–water partition coefficient (Wildman–Crippen LogP) is 3.70. The van der Waals surface area contributed by atoms with Gasteiger partial charge in [-0.3, -0.25) is 9.12 Å². The third-order valence-electron chi connectivity index (χ3n) is 3.80. The van der Waals surface area contributed by atoms with Gasteiger partial charge in [0.05, 0.1) is 0 Å². The van der Waals surface area contributed by atoms with Crippen LogP contribution in [-0.2, 0) is 25.6 Å². The van der Waals surface area contributed by atoms with Gasteiger partial charge in [-0.15, -0.1) is 0 Å². The zero-order chi connectivity index (χ0) is 18.2. The Balaban J connectivity index is 2.41. The fourth-order valence-electron chi connectivity index (χ4n) is 2.37. The summed E-state index contributed by atoms with van der Waals surface area (Å²) in [4.78, 5) is 7.69. The molecule has 0 aliphatic carbocycles. The summed E-state index contributed by atoms with van der Waals surface area (Å²) in [6, 6.07) is 8.16. The van der Waals surface area contributed by atoms with Crippen molar-refractivity contribution in [2.45, 2.75) is 44.0 Å². The second-order valence-electron chi connectivity index (χ2n) is 5.58. The van der Waals surface area contributed by atoms with E-state index < -0.39 is 22.7 Å². The van der Waals surface area contributed by atoms with Crippen LogP contribution in [0.5, 0.6) is 0 Å². The first-order chi connectivity index (χ1) is 11.2. The summed E-state index contributed by atoms with van der Waals surface area (Å²) >= 11 is 0. The Morgan fingerprint density at radius 3 is 2.46 bits per heavy atom. The highest BCUT2D eigenvalue weighted by molar-refractivity contribution is 7.93. The second kappa shape index (κ2) is 9.49. The summed E-state index contributed by atoms with van der Waals surface area (Å²) in [5, 5.41) is 0. The van der Waals surface area contributed by atoms with E-state index in [2.05, 4.69) is 23.6 Å². The van der Waals surface area contributed by atoms with E-state index in [1.807, 2.05) is 24.3 Å². The van der Waals surface area contributed by atoms with E-state index >= 15 is 0 Å². The van der Waals surface area contributed by atoms with Gasteiger partial charge in [-0.05, 0) is 50.2 Å². The van der Waals surface area contributed by atoms with Gasteiger partial charge in [-0.25, -0.2) is 0 Å². The minimum Gasteiger partial charge on any atom is -0.323 e. The van der Waals surface area contributed by atoms with E-state index in [9.17, 15) is 17.9 Å². The summed E-state index contributed by atoms with van der Waals surface area (Å²) in [6.07, 6.45) is 6.49. The smallest absolute Gasteiger partial charge is 0.323 e. The Hall–Kier alpha value is -0.980. The number of hydrogen-bond donors (Lipinski definition) is 2. The van der Waals surface area contributed by atoms with Crippen LogP contribution in [0.3, 0.4) is 0 Å². The van der Waals surface area contributed by atoms with E-state index in [0.29, 0.717) is 12.8 Å². The topological polar surface area (TPSA) is 101 Å². The van der Waals surface area contributed by atoms with Crippen molar-refractivity contribution in [3.63, 3.8) is 0 Å². The molecular formula is C16H25O6PS. The van der Waals surface area contributed by atoms with Gasteiger partial charge in [0, 0.05) is 7.11 Å². The molecule has 0 aliphatic rings. The maximum atomic E-state index is 11.7. The van der Waals surface area contributed by atoms with Crippen molar-refractivity contribution < 1.29 is 27.0 Å². The molecule has 2 unspecified atom stereocenters. The molecule has 0 spiro atoms. The zero-order valence-corrected chi connectivity index (χ0v) is 15.7. The summed E-state index contributed by atoms with van der Waals surface area (Å²) in [6.45, 7) is 2.07. The molecule has 1 aromatic carbocycles. The van der Waals surface area contributed by atoms with Crippen LogP contribution >= 0.6 is 7.60 Å². The molecule has 24 heavy (non-hydrogen) atoms. The first kappa shape index (κ1) is 21.1. The summed E-state index contributed by atoms with van der Waals surface area (Å²) in [7, 11) is -8.06. The monoisotopic (exact) mass is 376 g/mol. The lowest BCUT2D eigenvalue weighted by atomic mass is 10.0. The molecule has 2 N–H and O–H groups in total. The van der Waals surface area contributed by atoms with Crippen LogP contribution in [0.4, 0.5) is 0 Å². The van der Waals surface area contributed by atoms with Gasteiger partial charge >= 0.3 is 7.60 Å². The molecule has 1 rings (SSSR count). The Kier molecular flexibility index (Phi) is 8.33. The molecule has 0 aliphatic heterocycles. The third-order valence-corrected chi connectivity index (χ3v) is 7.83. The lowest BCUT2D eigenvalue weighted by Crippen LogP contribution is -2.21. The summed E-state index contributed by atoms with van der Waals surface area (Å²) in [5.41, 5.74) is 2.54. The summed E-state index contributed by atoms with van der Waals surface area (Å²) < 4.78 is 47.5. The number of allylic oxidation sites excluding steroid dienone is 2. The van der Waals surface area contributed by atoms with Crippen LogP contribution in [0.15, 0.2) is 36.4 Å². The van der Waals surface area contributed by atoms with Crippen molar-refractivity contribution in [2.75, 3.05) is 7.11 Å². The molecule has 0 radical (unpaired) electrons. The van der Waals surface area contributed by atoms with Crippen LogP contribution < -0.4 is 0 Å². The van der Waals surface area contributed by atoms with Crippen molar-refractivity contribution in [3.8, 4) is 0 Å². The second-order valence-corrected chi connectivity index (χ2v) is 9.65. The molecule has 0 heterocycles. The van der Waals surface area contributed by atoms with Gasteiger partial charge in [-0.2, -0.15) is 8.42 Å². The quantitative estimate of drug-likeness (QED) is 0.279. The fourth-order valence-corrected chi connectivity index (χ4v) is 5.19. The van der Waals surface area contributed by atoms with E-state index in [1.54, 1.807) is 0 Å². The van der Waals surface area contributed by atoms with Crippen LogP contribution in [0.2, 0.25) is 0 Å². The first-order valence-corrected chi connectivity index (χ1v) is 10.9. The first-order valence-electron chi connectivity index (χ1n) is 7.72. The zero-order valence-electron chi connectivity index (χ0n) is 14.0. The van der Waals surface area contributed by atoms with Gasteiger partial charge < -0.3 is 9.42 Å². The molecule has 0 bridgehead atoms. The molecule has 2 atom stereocenters. The Morgan fingerprint density at radius 1 is 1.25 bits per heavy atom. The van der Waals surface area contributed by atoms with Gasteiger partial charge in [0.25, 0.3) is 10.1 Å². The number of benzene rings is 1. The molecule has 1 aromatic rings. The Labute approximate surface area is 143 Å². The van der Waals surface area contributed by atoms with E-state index in [0.717, 1.165) is 20.0 Å². The number of hydrogen-bond acceptors (Lipinski definition) is 4. The standard InChI is InChI=1S/C16H25O6PS/c1-14-10-8-9-12-15(14)11-6-4-3-5-7-13-16(24(19,20)21)23(17,18)22-2/h3-4,8-10,12,16H,5-7,11,13H2,1-2H3,(H,17,18)(H,19,20,21). The van der Waals surface area contributed by atoms with Gasteiger partial charge in [0.2, 0.25) is 0 Å². The maximum absolute atomic E-state index is 11.7. The Bertz CT molecular complexity index is 698. The number of aryl methyl sites for hydroxylation is 2. The Morgan fingerprint density at radius 2 is 1.88 bits per heavy atom. The molecule has 8 heteroatoms. The fraction of sp³-hybridized carbons (Fsp3) is 0.500. The molecule has 0 saturated heterocycles. The van der Waals surface area contributed by atoms with Crippen LogP contribution in [0.25, 0.3) is 0 Å². The molecule has 136 valence electrons. The highest BCUT2D eigenvalue weighted by Crippen LogP contribution is 2.50. The number of unbranched alkanes of at least 4 members (excludes halogenated alkanes) is 1. The lowest BCUT2D eigenvalue weighted by Gasteiger charge is -2.17. The molecule has 0 amide bonds. The molecular weight excluding hydrogens is 351 g/mol. The molecule has 6 nitrogen and oxygen atoms in total. The van der Waals surface area contributed by atoms with Crippen LogP contribution in [-0.4, -0.2) is 30.0 Å². The van der Waals surface area contributed by atoms with Crippen LogP contribution in [0, 0.1) is 6.92 Å².